The first-order chi connectivity index (χ1) is 15.9. The lowest BCUT2D eigenvalue weighted by atomic mass is 10.1. The largest absolute Gasteiger partial charge is 0.484 e. The third-order valence-corrected chi connectivity index (χ3v) is 6.86. The molecule has 0 spiro atoms. The molecule has 166 valence electrons. The molecule has 0 aliphatic heterocycles. The Morgan fingerprint density at radius 1 is 0.727 bits per heavy atom. The van der Waals surface area contributed by atoms with E-state index in [4.69, 9.17) is 4.74 Å². The molecule has 5 nitrogen and oxygen atoms in total. The molecular weight excluding hydrogens is 434 g/mol. The van der Waals surface area contributed by atoms with Gasteiger partial charge < -0.3 is 4.74 Å². The van der Waals surface area contributed by atoms with Crippen molar-refractivity contribution < 1.29 is 17.9 Å². The topological polar surface area (TPSA) is 63.7 Å². The second-order valence-electron chi connectivity index (χ2n) is 7.49. The molecule has 0 N–H and O–H groups in total. The number of hydrogen-bond acceptors (Lipinski definition) is 4. The van der Waals surface area contributed by atoms with Gasteiger partial charge in [-0.3, -0.25) is 4.79 Å². The van der Waals surface area contributed by atoms with Crippen molar-refractivity contribution in [2.24, 2.45) is 0 Å². The number of amides is 1. The van der Waals surface area contributed by atoms with Crippen LogP contribution in [-0.4, -0.2) is 20.9 Å². The monoisotopic (exact) mass is 457 g/mol. The lowest BCUT2D eigenvalue weighted by Crippen LogP contribution is -2.40. The normalized spacial score (nSPS) is 11.1. The first-order valence-electron chi connectivity index (χ1n) is 10.4. The molecule has 1 amide bonds. The maximum atomic E-state index is 13.3. The minimum atomic E-state index is -4.11. The van der Waals surface area contributed by atoms with Crippen LogP contribution in [0.15, 0.2) is 114 Å². The maximum absolute atomic E-state index is 13.3. The summed E-state index contributed by atoms with van der Waals surface area (Å²) in [5, 5.41) is 0. The van der Waals surface area contributed by atoms with Gasteiger partial charge in [0.2, 0.25) is 0 Å². The van der Waals surface area contributed by atoms with Gasteiger partial charge in [0.05, 0.1) is 10.6 Å². The quantitative estimate of drug-likeness (QED) is 0.370. The highest BCUT2D eigenvalue weighted by Gasteiger charge is 2.31. The number of carbonyl (C=O) groups excluding carboxylic acids is 1. The van der Waals surface area contributed by atoms with E-state index >= 15 is 0 Å². The van der Waals surface area contributed by atoms with Crippen molar-refractivity contribution in [3.8, 4) is 16.9 Å². The standard InChI is InChI=1S/C27H23NO4S/c1-21-12-18-26(19-13-21)33(30,31)28(24-10-6-3-7-11-24)27(29)20-32-25-16-14-23(15-17-25)22-8-4-2-5-9-22/h2-19H,20H2,1H3. The second-order valence-corrected chi connectivity index (χ2v) is 9.28. The molecule has 4 rings (SSSR count). The van der Waals surface area contributed by atoms with Gasteiger partial charge >= 0.3 is 0 Å². The fourth-order valence-corrected chi connectivity index (χ4v) is 4.78. The predicted molar refractivity (Wildman–Crippen MR) is 130 cm³/mol. The number of para-hydroxylation sites is 1. The van der Waals surface area contributed by atoms with E-state index in [1.807, 2.05) is 49.4 Å². The van der Waals surface area contributed by atoms with Crippen LogP contribution in [0, 0.1) is 6.92 Å². The number of anilines is 1. The Labute approximate surface area is 193 Å². The van der Waals surface area contributed by atoms with Gasteiger partial charge in [-0.2, -0.15) is 4.31 Å². The summed E-state index contributed by atoms with van der Waals surface area (Å²) in [5.41, 5.74) is 3.27. The van der Waals surface area contributed by atoms with Crippen LogP contribution in [-0.2, 0) is 14.8 Å². The molecule has 0 radical (unpaired) electrons. The zero-order chi connectivity index (χ0) is 23.3. The van der Waals surface area contributed by atoms with E-state index in [0.29, 0.717) is 5.75 Å². The number of carbonyl (C=O) groups is 1. The zero-order valence-corrected chi connectivity index (χ0v) is 18.9. The first-order valence-corrected chi connectivity index (χ1v) is 11.9. The Bertz CT molecular complexity index is 1320. The summed E-state index contributed by atoms with van der Waals surface area (Å²) >= 11 is 0. The smallest absolute Gasteiger partial charge is 0.278 e. The molecule has 0 aromatic heterocycles. The van der Waals surface area contributed by atoms with Gasteiger partial charge in [-0.1, -0.05) is 78.4 Å². The number of aryl methyl sites for hydroxylation is 1. The van der Waals surface area contributed by atoms with Crippen LogP contribution in [0.25, 0.3) is 11.1 Å². The van der Waals surface area contributed by atoms with E-state index in [9.17, 15) is 13.2 Å². The van der Waals surface area contributed by atoms with Crippen LogP contribution in [0.2, 0.25) is 0 Å². The molecule has 0 unspecified atom stereocenters. The summed E-state index contributed by atoms with van der Waals surface area (Å²) in [7, 11) is -4.11. The van der Waals surface area contributed by atoms with Crippen LogP contribution in [0.5, 0.6) is 5.75 Å². The van der Waals surface area contributed by atoms with E-state index in [1.54, 1.807) is 54.6 Å². The van der Waals surface area contributed by atoms with Crippen molar-refractivity contribution in [1.82, 2.24) is 0 Å². The van der Waals surface area contributed by atoms with Crippen LogP contribution < -0.4 is 9.04 Å². The van der Waals surface area contributed by atoms with Gasteiger partial charge in [-0.15, -0.1) is 0 Å². The van der Waals surface area contributed by atoms with Gasteiger partial charge in [0.15, 0.2) is 6.61 Å². The number of rotatable bonds is 7. The summed E-state index contributed by atoms with van der Waals surface area (Å²) in [6.45, 7) is 1.44. The highest BCUT2D eigenvalue weighted by atomic mass is 32.2. The van der Waals surface area contributed by atoms with E-state index in [1.165, 1.54) is 12.1 Å². The van der Waals surface area contributed by atoms with E-state index < -0.39 is 22.5 Å². The lowest BCUT2D eigenvalue weighted by molar-refractivity contribution is -0.119. The van der Waals surface area contributed by atoms with Crippen molar-refractivity contribution in [1.29, 1.82) is 0 Å². The number of nitrogens with zero attached hydrogens (tertiary/aromatic N) is 1. The Morgan fingerprint density at radius 2 is 1.27 bits per heavy atom. The SMILES string of the molecule is Cc1ccc(S(=O)(=O)N(C(=O)COc2ccc(-c3ccccc3)cc2)c2ccccc2)cc1. The van der Waals surface area contributed by atoms with Crippen LogP contribution in [0.4, 0.5) is 5.69 Å². The molecule has 0 fully saturated rings. The van der Waals surface area contributed by atoms with Crippen LogP contribution in [0.3, 0.4) is 0 Å². The number of benzene rings is 4. The van der Waals surface area contributed by atoms with E-state index in [-0.39, 0.29) is 10.6 Å². The molecule has 0 bridgehead atoms. The summed E-state index contributed by atoms with van der Waals surface area (Å²) in [6, 6.07) is 31.9. The van der Waals surface area contributed by atoms with Gasteiger partial charge in [0.25, 0.3) is 15.9 Å². The van der Waals surface area contributed by atoms with Gasteiger partial charge in [0.1, 0.15) is 5.75 Å². The average Bonchev–Trinajstić information content (AvgIpc) is 2.84. The second kappa shape index (κ2) is 9.71. The summed E-state index contributed by atoms with van der Waals surface area (Å²) in [4.78, 5) is 13.2. The third-order valence-electron chi connectivity index (χ3n) is 5.10. The van der Waals surface area contributed by atoms with Crippen molar-refractivity contribution in [3.05, 3.63) is 115 Å². The third kappa shape index (κ3) is 5.13. The summed E-state index contributed by atoms with van der Waals surface area (Å²) in [5.74, 6) is -0.210. The molecule has 4 aromatic carbocycles. The highest BCUT2D eigenvalue weighted by molar-refractivity contribution is 7.93. The molecule has 0 heterocycles. The zero-order valence-electron chi connectivity index (χ0n) is 18.1. The Balaban J connectivity index is 1.55. The summed E-state index contributed by atoms with van der Waals surface area (Å²) < 4.78 is 33.2. The predicted octanol–water partition coefficient (Wildman–Crippen LogP) is 5.46. The molecule has 33 heavy (non-hydrogen) atoms. The average molecular weight is 458 g/mol. The van der Waals surface area contributed by atoms with Crippen molar-refractivity contribution in [3.63, 3.8) is 0 Å². The Morgan fingerprint density at radius 3 is 1.88 bits per heavy atom. The van der Waals surface area contributed by atoms with E-state index in [2.05, 4.69) is 0 Å². The number of ether oxygens (including phenoxy) is 1. The highest BCUT2D eigenvalue weighted by Crippen LogP contribution is 2.25. The minimum Gasteiger partial charge on any atom is -0.484 e. The molecule has 0 atom stereocenters. The Hall–Kier alpha value is -3.90. The Kier molecular flexibility index (Phi) is 6.56. The maximum Gasteiger partial charge on any atom is 0.278 e. The number of hydrogen-bond donors (Lipinski definition) is 0. The van der Waals surface area contributed by atoms with Gasteiger partial charge in [-0.25, -0.2) is 8.42 Å². The molecule has 4 aromatic rings. The fraction of sp³-hybridized carbons (Fsp3) is 0.0741. The van der Waals surface area contributed by atoms with E-state index in [0.717, 1.165) is 21.0 Å². The molecule has 0 saturated carbocycles. The first kappa shape index (κ1) is 22.3. The lowest BCUT2D eigenvalue weighted by Gasteiger charge is -2.23. The molecular formula is C27H23NO4S. The summed E-state index contributed by atoms with van der Waals surface area (Å²) in [6.07, 6.45) is 0. The van der Waals surface area contributed by atoms with Gasteiger partial charge in [-0.05, 0) is 54.4 Å². The molecule has 0 saturated heterocycles. The molecule has 0 aliphatic rings. The molecule has 0 aliphatic carbocycles. The number of sulfonamides is 1. The van der Waals surface area contributed by atoms with Gasteiger partial charge in [0, 0.05) is 0 Å². The van der Waals surface area contributed by atoms with Crippen LogP contribution >= 0.6 is 0 Å². The van der Waals surface area contributed by atoms with Crippen molar-refractivity contribution in [2.45, 2.75) is 11.8 Å². The van der Waals surface area contributed by atoms with Crippen molar-refractivity contribution >= 4 is 21.6 Å². The molecule has 6 heteroatoms. The fourth-order valence-electron chi connectivity index (χ4n) is 3.37. The minimum absolute atomic E-state index is 0.0394. The van der Waals surface area contributed by atoms with Crippen LogP contribution in [0.1, 0.15) is 5.56 Å². The van der Waals surface area contributed by atoms with Crippen molar-refractivity contribution in [2.75, 3.05) is 10.9 Å².